The highest BCUT2D eigenvalue weighted by molar-refractivity contribution is 7.09. The van der Waals surface area contributed by atoms with E-state index < -0.39 is 0 Å². The number of methoxy groups -OCH3 is 2. The van der Waals surface area contributed by atoms with Crippen LogP contribution in [0.3, 0.4) is 0 Å². The van der Waals surface area contributed by atoms with E-state index >= 15 is 0 Å². The van der Waals surface area contributed by atoms with Crippen LogP contribution in [0.2, 0.25) is 0 Å². The molecule has 0 spiro atoms. The van der Waals surface area contributed by atoms with E-state index in [4.69, 9.17) is 18.9 Å². The first kappa shape index (κ1) is 20.6. The molecule has 164 valence electrons. The highest BCUT2D eigenvalue weighted by Gasteiger charge is 2.33. The SMILES string of the molecule is COc1ccc(/C=C2\Oc3c(ccc4c3CN(CCc3cccs3)CO4)C2=O)c(OC)c1. The minimum Gasteiger partial charge on any atom is -0.497 e. The molecule has 0 aliphatic carbocycles. The van der Waals surface area contributed by atoms with Crippen molar-refractivity contribution >= 4 is 23.2 Å². The zero-order chi connectivity index (χ0) is 22.1. The van der Waals surface area contributed by atoms with E-state index in [9.17, 15) is 4.79 Å². The molecule has 1 aromatic heterocycles. The van der Waals surface area contributed by atoms with E-state index in [1.807, 2.05) is 18.2 Å². The van der Waals surface area contributed by atoms with Gasteiger partial charge in [-0.1, -0.05) is 6.07 Å². The lowest BCUT2D eigenvalue weighted by Gasteiger charge is -2.29. The highest BCUT2D eigenvalue weighted by Crippen LogP contribution is 2.42. The number of rotatable bonds is 6. The summed E-state index contributed by atoms with van der Waals surface area (Å²) in [4.78, 5) is 16.6. The van der Waals surface area contributed by atoms with Gasteiger partial charge < -0.3 is 18.9 Å². The fourth-order valence-corrected chi connectivity index (χ4v) is 4.65. The summed E-state index contributed by atoms with van der Waals surface area (Å²) >= 11 is 1.76. The number of benzene rings is 2. The minimum atomic E-state index is -0.142. The zero-order valence-corrected chi connectivity index (χ0v) is 18.7. The standard InChI is InChI=1S/C25H23NO5S/c1-28-17-6-5-16(22(13-17)29-2)12-23-24(27)19-7-8-21-20(25(19)31-23)14-26(15-30-21)10-9-18-4-3-11-32-18/h3-8,11-13H,9-10,14-15H2,1-2H3/b23-12-. The molecule has 2 aliphatic rings. The van der Waals surface area contributed by atoms with Crippen molar-refractivity contribution in [1.29, 1.82) is 0 Å². The van der Waals surface area contributed by atoms with Crippen molar-refractivity contribution in [2.75, 3.05) is 27.5 Å². The van der Waals surface area contributed by atoms with Gasteiger partial charge in [0.2, 0.25) is 5.78 Å². The molecule has 32 heavy (non-hydrogen) atoms. The maximum Gasteiger partial charge on any atom is 0.231 e. The Labute approximate surface area is 190 Å². The molecule has 2 aromatic carbocycles. The molecule has 7 heteroatoms. The van der Waals surface area contributed by atoms with Gasteiger partial charge in [-0.2, -0.15) is 0 Å². The van der Waals surface area contributed by atoms with Crippen LogP contribution in [0.25, 0.3) is 6.08 Å². The molecule has 0 radical (unpaired) electrons. The maximum absolute atomic E-state index is 13.1. The monoisotopic (exact) mass is 449 g/mol. The Morgan fingerprint density at radius 1 is 1.16 bits per heavy atom. The largest absolute Gasteiger partial charge is 0.497 e. The molecule has 0 unspecified atom stereocenters. The van der Waals surface area contributed by atoms with Gasteiger partial charge in [0, 0.05) is 29.6 Å². The third kappa shape index (κ3) is 3.85. The summed E-state index contributed by atoms with van der Waals surface area (Å²) in [7, 11) is 3.18. The van der Waals surface area contributed by atoms with Crippen molar-refractivity contribution in [2.24, 2.45) is 0 Å². The Balaban J connectivity index is 1.40. The molecule has 0 bridgehead atoms. The molecule has 6 nitrogen and oxygen atoms in total. The van der Waals surface area contributed by atoms with Crippen molar-refractivity contribution in [2.45, 2.75) is 13.0 Å². The summed E-state index contributed by atoms with van der Waals surface area (Å²) in [5, 5.41) is 2.09. The van der Waals surface area contributed by atoms with Crippen molar-refractivity contribution in [1.82, 2.24) is 4.90 Å². The van der Waals surface area contributed by atoms with E-state index in [1.54, 1.807) is 43.8 Å². The van der Waals surface area contributed by atoms with E-state index in [-0.39, 0.29) is 11.5 Å². The number of hydrogen-bond acceptors (Lipinski definition) is 7. The van der Waals surface area contributed by atoms with Crippen LogP contribution in [0.15, 0.2) is 53.6 Å². The van der Waals surface area contributed by atoms with Crippen LogP contribution < -0.4 is 18.9 Å². The normalized spacial score (nSPS) is 16.3. The molecule has 3 aromatic rings. The van der Waals surface area contributed by atoms with Gasteiger partial charge in [-0.3, -0.25) is 9.69 Å². The van der Waals surface area contributed by atoms with Gasteiger partial charge in [0.1, 0.15) is 29.7 Å². The molecular formula is C25H23NO5S. The summed E-state index contributed by atoms with van der Waals surface area (Å²) in [6, 6.07) is 13.3. The topological polar surface area (TPSA) is 57.2 Å². The second-order valence-corrected chi connectivity index (χ2v) is 8.65. The Bertz CT molecular complexity index is 1190. The molecule has 2 aliphatic heterocycles. The molecule has 0 N–H and O–H groups in total. The number of ketones is 1. The lowest BCUT2D eigenvalue weighted by Crippen LogP contribution is -2.33. The first-order chi connectivity index (χ1) is 15.7. The van der Waals surface area contributed by atoms with Crippen LogP contribution in [0, 0.1) is 0 Å². The van der Waals surface area contributed by atoms with Crippen LogP contribution in [-0.2, 0) is 13.0 Å². The summed E-state index contributed by atoms with van der Waals surface area (Å²) in [5.74, 6) is 2.78. The molecule has 0 atom stereocenters. The van der Waals surface area contributed by atoms with Crippen LogP contribution in [0.1, 0.15) is 26.4 Å². The van der Waals surface area contributed by atoms with Crippen LogP contribution in [0.5, 0.6) is 23.0 Å². The van der Waals surface area contributed by atoms with Gasteiger partial charge in [0.15, 0.2) is 5.76 Å². The van der Waals surface area contributed by atoms with Gasteiger partial charge >= 0.3 is 0 Å². The molecule has 3 heterocycles. The average molecular weight is 450 g/mol. The molecule has 0 saturated carbocycles. The Kier molecular flexibility index (Phi) is 5.59. The van der Waals surface area contributed by atoms with Crippen molar-refractivity contribution in [3.05, 3.63) is 75.2 Å². The highest BCUT2D eigenvalue weighted by atomic mass is 32.1. The third-order valence-electron chi connectivity index (χ3n) is 5.66. The van der Waals surface area contributed by atoms with Gasteiger partial charge in [-0.15, -0.1) is 11.3 Å². The van der Waals surface area contributed by atoms with Crippen LogP contribution in [-0.4, -0.2) is 38.2 Å². The van der Waals surface area contributed by atoms with E-state index in [0.29, 0.717) is 36.1 Å². The van der Waals surface area contributed by atoms with Gasteiger partial charge in [-0.25, -0.2) is 0 Å². The lowest BCUT2D eigenvalue weighted by molar-refractivity contribution is 0.0951. The van der Waals surface area contributed by atoms with Crippen molar-refractivity contribution in [3.8, 4) is 23.0 Å². The first-order valence-electron chi connectivity index (χ1n) is 10.4. The molecular weight excluding hydrogens is 426 g/mol. The molecule has 0 saturated heterocycles. The van der Waals surface area contributed by atoms with Crippen LogP contribution in [0.4, 0.5) is 0 Å². The van der Waals surface area contributed by atoms with Crippen molar-refractivity contribution < 1.29 is 23.7 Å². The summed E-state index contributed by atoms with van der Waals surface area (Å²) < 4.78 is 22.8. The number of fused-ring (bicyclic) bond motifs is 3. The second-order valence-electron chi connectivity index (χ2n) is 7.62. The molecule has 5 rings (SSSR count). The Morgan fingerprint density at radius 2 is 2.06 bits per heavy atom. The van der Waals surface area contributed by atoms with Crippen LogP contribution >= 0.6 is 11.3 Å². The Hall–Kier alpha value is -3.29. The smallest absolute Gasteiger partial charge is 0.231 e. The van der Waals surface area contributed by atoms with Gasteiger partial charge in [-0.05, 0) is 48.2 Å². The van der Waals surface area contributed by atoms with Gasteiger partial charge in [0.05, 0.1) is 25.3 Å². The number of carbonyl (C=O) groups is 1. The Morgan fingerprint density at radius 3 is 2.84 bits per heavy atom. The van der Waals surface area contributed by atoms with E-state index in [0.717, 1.165) is 29.8 Å². The number of ether oxygens (including phenoxy) is 4. The van der Waals surface area contributed by atoms with E-state index in [2.05, 4.69) is 22.4 Å². The quantitative estimate of drug-likeness (QED) is 0.505. The second kappa shape index (κ2) is 8.68. The fourth-order valence-electron chi connectivity index (χ4n) is 3.95. The number of carbonyl (C=O) groups excluding carboxylic acids is 1. The predicted molar refractivity (Wildman–Crippen MR) is 123 cm³/mol. The number of allylic oxidation sites excluding steroid dienone is 1. The third-order valence-corrected chi connectivity index (χ3v) is 6.60. The molecule has 0 fully saturated rings. The molecule has 0 amide bonds. The van der Waals surface area contributed by atoms with Crippen molar-refractivity contribution in [3.63, 3.8) is 0 Å². The van der Waals surface area contributed by atoms with Gasteiger partial charge in [0.25, 0.3) is 0 Å². The zero-order valence-electron chi connectivity index (χ0n) is 17.9. The minimum absolute atomic E-state index is 0.142. The lowest BCUT2D eigenvalue weighted by atomic mass is 10.0. The number of hydrogen-bond donors (Lipinski definition) is 0. The summed E-state index contributed by atoms with van der Waals surface area (Å²) in [5.41, 5.74) is 2.22. The fraction of sp³-hybridized carbons (Fsp3) is 0.240. The summed E-state index contributed by atoms with van der Waals surface area (Å²) in [6.07, 6.45) is 2.68. The predicted octanol–water partition coefficient (Wildman–Crippen LogP) is 4.78. The van der Waals surface area contributed by atoms with E-state index in [1.165, 1.54) is 4.88 Å². The average Bonchev–Trinajstić information content (AvgIpc) is 3.46. The first-order valence-corrected chi connectivity index (χ1v) is 11.2. The summed E-state index contributed by atoms with van der Waals surface area (Å²) in [6.45, 7) is 2.08. The number of nitrogens with zero attached hydrogens (tertiary/aromatic N) is 1. The number of Topliss-reactive ketones (excluding diaryl/α,β-unsaturated/α-hetero) is 1. The maximum atomic E-state index is 13.1. The number of thiophene rings is 1.